The standard InChI is InChI=1S/C14H20O7/c1-5-19-10(15)6-7-11(16)20-9-13(18)21-12(17)8-14(2,3)4/h6-7H,5,8-9H2,1-4H3. The summed E-state index contributed by atoms with van der Waals surface area (Å²) < 4.78 is 13.5. The predicted molar refractivity (Wildman–Crippen MR) is 71.9 cm³/mol. The molecule has 0 spiro atoms. The van der Waals surface area contributed by atoms with Crippen LogP contribution in [-0.2, 0) is 33.4 Å². The van der Waals surface area contributed by atoms with Crippen molar-refractivity contribution in [1.29, 1.82) is 0 Å². The SMILES string of the molecule is CCOC(=O)C=CC(=O)OCC(=O)OC(=O)CC(C)(C)C. The number of rotatable bonds is 6. The number of carbonyl (C=O) groups excluding carboxylic acids is 4. The lowest BCUT2D eigenvalue weighted by Crippen LogP contribution is -2.22. The summed E-state index contributed by atoms with van der Waals surface area (Å²) in [5.74, 6) is -3.27. The summed E-state index contributed by atoms with van der Waals surface area (Å²) in [4.78, 5) is 44.7. The monoisotopic (exact) mass is 300 g/mol. The third-order valence-electron chi connectivity index (χ3n) is 1.88. The third kappa shape index (κ3) is 11.4. The Morgan fingerprint density at radius 2 is 1.43 bits per heavy atom. The Hall–Kier alpha value is -2.18. The zero-order chi connectivity index (χ0) is 16.5. The summed E-state index contributed by atoms with van der Waals surface area (Å²) in [7, 11) is 0. The first-order valence-corrected chi connectivity index (χ1v) is 6.39. The molecule has 0 aliphatic heterocycles. The van der Waals surface area contributed by atoms with Gasteiger partial charge in [-0.15, -0.1) is 0 Å². The molecule has 0 bridgehead atoms. The van der Waals surface area contributed by atoms with E-state index >= 15 is 0 Å². The van der Waals surface area contributed by atoms with Crippen LogP contribution < -0.4 is 0 Å². The second-order valence-electron chi connectivity index (χ2n) is 5.28. The fourth-order valence-electron chi connectivity index (χ4n) is 1.13. The van der Waals surface area contributed by atoms with Crippen LogP contribution in [0.2, 0.25) is 0 Å². The Labute approximate surface area is 123 Å². The lowest BCUT2D eigenvalue weighted by molar-refractivity contribution is -0.166. The van der Waals surface area contributed by atoms with Crippen LogP contribution in [0, 0.1) is 5.41 Å². The first-order valence-electron chi connectivity index (χ1n) is 6.39. The van der Waals surface area contributed by atoms with Crippen molar-refractivity contribution in [3.63, 3.8) is 0 Å². The van der Waals surface area contributed by atoms with Crippen LogP contribution in [0.1, 0.15) is 34.1 Å². The van der Waals surface area contributed by atoms with E-state index in [0.717, 1.165) is 12.2 Å². The smallest absolute Gasteiger partial charge is 0.351 e. The van der Waals surface area contributed by atoms with Crippen molar-refractivity contribution in [2.24, 2.45) is 5.41 Å². The molecule has 21 heavy (non-hydrogen) atoms. The summed E-state index contributed by atoms with van der Waals surface area (Å²) >= 11 is 0. The van der Waals surface area contributed by atoms with Gasteiger partial charge < -0.3 is 14.2 Å². The first-order chi connectivity index (χ1) is 9.64. The quantitative estimate of drug-likeness (QED) is 0.314. The average Bonchev–Trinajstić information content (AvgIpc) is 2.31. The number of hydrogen-bond donors (Lipinski definition) is 0. The maximum absolute atomic E-state index is 11.3. The Morgan fingerprint density at radius 3 is 1.90 bits per heavy atom. The van der Waals surface area contributed by atoms with Crippen molar-refractivity contribution >= 4 is 23.9 Å². The predicted octanol–water partition coefficient (Wildman–Crippen LogP) is 1.15. The zero-order valence-corrected chi connectivity index (χ0v) is 12.6. The number of carbonyl (C=O) groups is 4. The Morgan fingerprint density at radius 1 is 0.905 bits per heavy atom. The summed E-state index contributed by atoms with van der Waals surface area (Å²) in [5.41, 5.74) is -0.309. The normalized spacial score (nSPS) is 11.0. The Kier molecular flexibility index (Phi) is 7.96. The second kappa shape index (κ2) is 8.89. The minimum atomic E-state index is -0.970. The minimum absolute atomic E-state index is 0.0649. The van der Waals surface area contributed by atoms with Crippen molar-refractivity contribution in [3.8, 4) is 0 Å². The van der Waals surface area contributed by atoms with E-state index in [1.54, 1.807) is 6.92 Å². The van der Waals surface area contributed by atoms with Gasteiger partial charge >= 0.3 is 23.9 Å². The van der Waals surface area contributed by atoms with Crippen LogP contribution in [0.3, 0.4) is 0 Å². The van der Waals surface area contributed by atoms with Crippen LogP contribution in [0.4, 0.5) is 0 Å². The van der Waals surface area contributed by atoms with Crippen molar-refractivity contribution in [2.45, 2.75) is 34.1 Å². The van der Waals surface area contributed by atoms with Gasteiger partial charge in [-0.1, -0.05) is 20.8 Å². The van der Waals surface area contributed by atoms with E-state index in [1.807, 2.05) is 20.8 Å². The van der Waals surface area contributed by atoms with Crippen LogP contribution in [-0.4, -0.2) is 37.1 Å². The van der Waals surface area contributed by atoms with E-state index in [0.29, 0.717) is 0 Å². The molecule has 0 N–H and O–H groups in total. The fraction of sp³-hybridized carbons (Fsp3) is 0.571. The van der Waals surface area contributed by atoms with Gasteiger partial charge in [0, 0.05) is 12.2 Å². The minimum Gasteiger partial charge on any atom is -0.463 e. The number of esters is 4. The molecule has 0 aromatic heterocycles. The highest BCUT2D eigenvalue weighted by molar-refractivity contribution is 5.93. The number of hydrogen-bond acceptors (Lipinski definition) is 7. The number of ether oxygens (including phenoxy) is 3. The highest BCUT2D eigenvalue weighted by atomic mass is 16.6. The molecule has 0 aliphatic carbocycles. The molecule has 0 aromatic carbocycles. The largest absolute Gasteiger partial charge is 0.463 e. The van der Waals surface area contributed by atoms with E-state index in [-0.39, 0.29) is 18.4 Å². The zero-order valence-electron chi connectivity index (χ0n) is 12.6. The van der Waals surface area contributed by atoms with Gasteiger partial charge in [-0.3, -0.25) is 4.79 Å². The molecule has 0 saturated heterocycles. The molecule has 0 radical (unpaired) electrons. The molecule has 0 fully saturated rings. The maximum Gasteiger partial charge on any atom is 0.351 e. The summed E-state index contributed by atoms with van der Waals surface area (Å²) in [6, 6.07) is 0. The van der Waals surface area contributed by atoms with Crippen LogP contribution in [0.25, 0.3) is 0 Å². The van der Waals surface area contributed by atoms with Gasteiger partial charge in [-0.25, -0.2) is 14.4 Å². The van der Waals surface area contributed by atoms with E-state index in [1.165, 1.54) is 0 Å². The molecule has 0 unspecified atom stereocenters. The Balaban J connectivity index is 4.06. The molecule has 0 heterocycles. The van der Waals surface area contributed by atoms with Gasteiger partial charge in [0.25, 0.3) is 0 Å². The first kappa shape index (κ1) is 18.8. The Bertz CT molecular complexity index is 429. The van der Waals surface area contributed by atoms with Crippen molar-refractivity contribution < 1.29 is 33.4 Å². The van der Waals surface area contributed by atoms with E-state index in [4.69, 9.17) is 0 Å². The molecule has 0 aromatic rings. The topological polar surface area (TPSA) is 96.0 Å². The molecule has 7 heteroatoms. The van der Waals surface area contributed by atoms with Gasteiger partial charge in [-0.05, 0) is 12.3 Å². The molecule has 118 valence electrons. The third-order valence-corrected chi connectivity index (χ3v) is 1.88. The fourth-order valence-corrected chi connectivity index (χ4v) is 1.13. The lowest BCUT2D eigenvalue weighted by Gasteiger charge is -2.15. The van der Waals surface area contributed by atoms with Gasteiger partial charge in [-0.2, -0.15) is 0 Å². The second-order valence-corrected chi connectivity index (χ2v) is 5.28. The highest BCUT2D eigenvalue weighted by Gasteiger charge is 2.20. The van der Waals surface area contributed by atoms with Gasteiger partial charge in [0.1, 0.15) is 0 Å². The molecule has 0 atom stereocenters. The molecule has 0 aliphatic rings. The van der Waals surface area contributed by atoms with Crippen molar-refractivity contribution in [2.75, 3.05) is 13.2 Å². The lowest BCUT2D eigenvalue weighted by atomic mass is 9.92. The van der Waals surface area contributed by atoms with Crippen LogP contribution in [0.5, 0.6) is 0 Å². The summed E-state index contributed by atoms with van der Waals surface area (Å²) in [6.45, 7) is 6.55. The van der Waals surface area contributed by atoms with E-state index in [2.05, 4.69) is 14.2 Å². The van der Waals surface area contributed by atoms with Gasteiger partial charge in [0.15, 0.2) is 6.61 Å². The van der Waals surface area contributed by atoms with Crippen molar-refractivity contribution in [1.82, 2.24) is 0 Å². The van der Waals surface area contributed by atoms with Crippen LogP contribution >= 0.6 is 0 Å². The molecule has 0 saturated carbocycles. The molecular weight excluding hydrogens is 280 g/mol. The van der Waals surface area contributed by atoms with Gasteiger partial charge in [0.2, 0.25) is 0 Å². The average molecular weight is 300 g/mol. The van der Waals surface area contributed by atoms with Crippen LogP contribution in [0.15, 0.2) is 12.2 Å². The molecule has 0 amide bonds. The van der Waals surface area contributed by atoms with E-state index in [9.17, 15) is 19.2 Å². The van der Waals surface area contributed by atoms with E-state index < -0.39 is 30.5 Å². The summed E-state index contributed by atoms with van der Waals surface area (Å²) in [5, 5.41) is 0. The summed E-state index contributed by atoms with van der Waals surface area (Å²) in [6.07, 6.45) is 1.76. The molecular formula is C14H20O7. The van der Waals surface area contributed by atoms with Gasteiger partial charge in [0.05, 0.1) is 13.0 Å². The molecule has 7 nitrogen and oxygen atoms in total. The maximum atomic E-state index is 11.3. The molecule has 0 rings (SSSR count). The van der Waals surface area contributed by atoms with Crippen molar-refractivity contribution in [3.05, 3.63) is 12.2 Å². The highest BCUT2D eigenvalue weighted by Crippen LogP contribution is 2.18.